The molecule has 2 nitrogen and oxygen atoms in total. The van der Waals surface area contributed by atoms with Gasteiger partial charge < -0.3 is 9.53 Å². The maximum atomic E-state index is 11.6. The lowest BCUT2D eigenvalue weighted by atomic mass is 9.79. The molecule has 0 amide bonds. The maximum Gasteiger partial charge on any atom is 0.131 e. The molecule has 106 valence electrons. The molecule has 1 aliphatic carbocycles. The van der Waals surface area contributed by atoms with Crippen LogP contribution < -0.4 is 4.74 Å². The van der Waals surface area contributed by atoms with Crippen molar-refractivity contribution >= 4 is 12.4 Å². The standard InChI is InChI=1S/C19H18O2/c1-21-17-10-6-14(7-11-17)12-16-9-8-15-4-2-3-5-18(15)19(16)13-20/h2-7,10-13,19H,8-9H2,1H3. The number of rotatable bonds is 3. The van der Waals surface area contributed by atoms with E-state index in [4.69, 9.17) is 4.74 Å². The van der Waals surface area contributed by atoms with E-state index in [9.17, 15) is 4.79 Å². The fraction of sp³-hybridized carbons (Fsp3) is 0.211. The molecule has 1 unspecified atom stereocenters. The Labute approximate surface area is 125 Å². The first kappa shape index (κ1) is 13.6. The zero-order chi connectivity index (χ0) is 14.7. The molecular formula is C19H18O2. The molecule has 2 aromatic carbocycles. The third-order valence-corrected chi connectivity index (χ3v) is 4.08. The minimum absolute atomic E-state index is 0.114. The molecule has 0 fully saturated rings. The second-order valence-electron chi connectivity index (χ2n) is 5.30. The molecule has 2 heteroatoms. The van der Waals surface area contributed by atoms with Crippen LogP contribution >= 0.6 is 0 Å². The van der Waals surface area contributed by atoms with E-state index in [0.29, 0.717) is 0 Å². The Kier molecular flexibility index (Phi) is 3.87. The molecule has 2 aromatic rings. The number of carbonyl (C=O) groups is 1. The minimum atomic E-state index is -0.114. The van der Waals surface area contributed by atoms with E-state index in [1.807, 2.05) is 36.4 Å². The zero-order valence-electron chi connectivity index (χ0n) is 12.1. The topological polar surface area (TPSA) is 26.3 Å². The van der Waals surface area contributed by atoms with Crippen molar-refractivity contribution in [2.45, 2.75) is 18.8 Å². The van der Waals surface area contributed by atoms with Crippen LogP contribution in [0.5, 0.6) is 5.75 Å². The van der Waals surface area contributed by atoms with E-state index < -0.39 is 0 Å². The first-order valence-corrected chi connectivity index (χ1v) is 7.19. The molecule has 0 saturated heterocycles. The Bertz CT molecular complexity index is 668. The average molecular weight is 278 g/mol. The summed E-state index contributed by atoms with van der Waals surface area (Å²) in [5.41, 5.74) is 4.74. The number of allylic oxidation sites excluding steroid dienone is 1. The Morgan fingerprint density at radius 1 is 1.05 bits per heavy atom. The minimum Gasteiger partial charge on any atom is -0.497 e. The molecular weight excluding hydrogens is 260 g/mol. The lowest BCUT2D eigenvalue weighted by Crippen LogP contribution is -2.13. The fourth-order valence-electron chi connectivity index (χ4n) is 2.94. The van der Waals surface area contributed by atoms with Gasteiger partial charge in [0.15, 0.2) is 0 Å². The Hall–Kier alpha value is -2.35. The molecule has 0 N–H and O–H groups in total. The molecule has 3 rings (SSSR count). The largest absolute Gasteiger partial charge is 0.497 e. The van der Waals surface area contributed by atoms with E-state index in [0.717, 1.165) is 36.0 Å². The van der Waals surface area contributed by atoms with Crippen LogP contribution in [0, 0.1) is 0 Å². The van der Waals surface area contributed by atoms with Gasteiger partial charge in [0.25, 0.3) is 0 Å². The van der Waals surface area contributed by atoms with Crippen LogP contribution in [0.3, 0.4) is 0 Å². The first-order chi connectivity index (χ1) is 10.3. The predicted octanol–water partition coefficient (Wildman–Crippen LogP) is 4.01. The number of hydrogen-bond donors (Lipinski definition) is 0. The Morgan fingerprint density at radius 2 is 1.81 bits per heavy atom. The summed E-state index contributed by atoms with van der Waals surface area (Å²) in [7, 11) is 1.66. The van der Waals surface area contributed by atoms with Gasteiger partial charge in [0.1, 0.15) is 12.0 Å². The van der Waals surface area contributed by atoms with Crippen LogP contribution in [0.2, 0.25) is 0 Å². The first-order valence-electron chi connectivity index (χ1n) is 7.19. The molecule has 21 heavy (non-hydrogen) atoms. The molecule has 0 spiro atoms. The van der Waals surface area contributed by atoms with E-state index in [-0.39, 0.29) is 5.92 Å². The zero-order valence-corrected chi connectivity index (χ0v) is 12.1. The van der Waals surface area contributed by atoms with Gasteiger partial charge >= 0.3 is 0 Å². The van der Waals surface area contributed by atoms with Crippen molar-refractivity contribution in [3.8, 4) is 5.75 Å². The molecule has 0 heterocycles. The molecule has 0 radical (unpaired) electrons. The molecule has 0 bridgehead atoms. The molecule has 0 saturated carbocycles. The van der Waals surface area contributed by atoms with Crippen molar-refractivity contribution in [3.63, 3.8) is 0 Å². The van der Waals surface area contributed by atoms with E-state index in [2.05, 4.69) is 18.2 Å². The SMILES string of the molecule is COc1ccc(C=C2CCc3ccccc3C2C=O)cc1. The summed E-state index contributed by atoms with van der Waals surface area (Å²) in [5, 5.41) is 0. The Balaban J connectivity index is 1.94. The average Bonchev–Trinajstić information content (AvgIpc) is 2.55. The summed E-state index contributed by atoms with van der Waals surface area (Å²) >= 11 is 0. The summed E-state index contributed by atoms with van der Waals surface area (Å²) in [6, 6.07) is 16.2. The van der Waals surface area contributed by atoms with E-state index >= 15 is 0 Å². The quantitative estimate of drug-likeness (QED) is 0.793. The maximum absolute atomic E-state index is 11.6. The smallest absolute Gasteiger partial charge is 0.131 e. The summed E-state index contributed by atoms with van der Waals surface area (Å²) in [6.07, 6.45) is 5.14. The van der Waals surface area contributed by atoms with Crippen LogP contribution in [0.1, 0.15) is 29.0 Å². The highest BCUT2D eigenvalue weighted by Gasteiger charge is 2.23. The number of benzene rings is 2. The van der Waals surface area contributed by atoms with Gasteiger partial charge in [-0.05, 0) is 41.7 Å². The van der Waals surface area contributed by atoms with Crippen molar-refractivity contribution < 1.29 is 9.53 Å². The third kappa shape index (κ3) is 2.75. The summed E-state index contributed by atoms with van der Waals surface area (Å²) in [6.45, 7) is 0. The number of ether oxygens (including phenoxy) is 1. The van der Waals surface area contributed by atoms with Crippen LogP contribution in [-0.2, 0) is 11.2 Å². The third-order valence-electron chi connectivity index (χ3n) is 4.08. The van der Waals surface area contributed by atoms with Crippen LogP contribution in [-0.4, -0.2) is 13.4 Å². The second kappa shape index (κ2) is 5.96. The summed E-state index contributed by atoms with van der Waals surface area (Å²) in [5.74, 6) is 0.732. The van der Waals surface area contributed by atoms with Gasteiger partial charge in [0, 0.05) is 0 Å². The van der Waals surface area contributed by atoms with Crippen LogP contribution in [0.4, 0.5) is 0 Å². The highest BCUT2D eigenvalue weighted by Crippen LogP contribution is 2.35. The lowest BCUT2D eigenvalue weighted by Gasteiger charge is -2.24. The fourth-order valence-corrected chi connectivity index (χ4v) is 2.94. The molecule has 0 aliphatic heterocycles. The predicted molar refractivity (Wildman–Crippen MR) is 84.5 cm³/mol. The Morgan fingerprint density at radius 3 is 2.52 bits per heavy atom. The van der Waals surface area contributed by atoms with Gasteiger partial charge in [-0.3, -0.25) is 0 Å². The molecule has 0 aromatic heterocycles. The van der Waals surface area contributed by atoms with Gasteiger partial charge in [-0.15, -0.1) is 0 Å². The van der Waals surface area contributed by atoms with Crippen molar-refractivity contribution in [1.29, 1.82) is 0 Å². The lowest BCUT2D eigenvalue weighted by molar-refractivity contribution is -0.108. The number of fused-ring (bicyclic) bond motifs is 1. The number of aldehydes is 1. The summed E-state index contributed by atoms with van der Waals surface area (Å²) < 4.78 is 5.17. The monoisotopic (exact) mass is 278 g/mol. The van der Waals surface area contributed by atoms with Gasteiger partial charge in [0.05, 0.1) is 13.0 Å². The highest BCUT2D eigenvalue weighted by molar-refractivity contribution is 5.74. The number of carbonyl (C=O) groups excluding carboxylic acids is 1. The summed E-state index contributed by atoms with van der Waals surface area (Å²) in [4.78, 5) is 11.6. The number of hydrogen-bond acceptors (Lipinski definition) is 2. The van der Waals surface area contributed by atoms with Crippen molar-refractivity contribution in [2.24, 2.45) is 0 Å². The second-order valence-corrected chi connectivity index (χ2v) is 5.30. The van der Waals surface area contributed by atoms with E-state index in [1.54, 1.807) is 7.11 Å². The van der Waals surface area contributed by atoms with Crippen molar-refractivity contribution in [3.05, 3.63) is 70.8 Å². The van der Waals surface area contributed by atoms with Gasteiger partial charge in [-0.2, -0.15) is 0 Å². The van der Waals surface area contributed by atoms with Crippen LogP contribution in [0.15, 0.2) is 54.1 Å². The van der Waals surface area contributed by atoms with Gasteiger partial charge in [-0.25, -0.2) is 0 Å². The van der Waals surface area contributed by atoms with Crippen LogP contribution in [0.25, 0.3) is 6.08 Å². The van der Waals surface area contributed by atoms with Crippen molar-refractivity contribution in [1.82, 2.24) is 0 Å². The highest BCUT2D eigenvalue weighted by atomic mass is 16.5. The normalized spacial score (nSPS) is 19.1. The number of methoxy groups -OCH3 is 1. The van der Waals surface area contributed by atoms with Gasteiger partial charge in [0.2, 0.25) is 0 Å². The van der Waals surface area contributed by atoms with Gasteiger partial charge in [-0.1, -0.05) is 48.0 Å². The molecule has 1 aliphatic rings. The number of aryl methyl sites for hydroxylation is 1. The molecule has 1 atom stereocenters. The van der Waals surface area contributed by atoms with Crippen molar-refractivity contribution in [2.75, 3.05) is 7.11 Å². The van der Waals surface area contributed by atoms with E-state index in [1.165, 1.54) is 11.1 Å².